The van der Waals surface area contributed by atoms with Crippen molar-refractivity contribution in [3.05, 3.63) is 261 Å². The van der Waals surface area contributed by atoms with E-state index >= 15 is 0 Å². The Morgan fingerprint density at radius 3 is 1.36 bits per heavy atom. The zero-order chi connectivity index (χ0) is 48.7. The van der Waals surface area contributed by atoms with E-state index in [4.69, 9.17) is 14.4 Å². The Balaban J connectivity index is 0.986. The average molecular weight is 942 g/mol. The first-order chi connectivity index (χ1) is 36.6. The summed E-state index contributed by atoms with van der Waals surface area (Å²) in [6.07, 6.45) is 0. The van der Waals surface area contributed by atoms with Gasteiger partial charge in [-0.25, -0.2) is 9.97 Å². The monoisotopic (exact) mass is 941 g/mol. The fraction of sp³-hybridized carbons (Fsp3) is 0. The highest BCUT2D eigenvalue weighted by Gasteiger charge is 2.21. The number of furan rings is 1. The molecule has 0 bridgehead atoms. The van der Waals surface area contributed by atoms with Gasteiger partial charge in [-0.3, -0.25) is 4.57 Å². The van der Waals surface area contributed by atoms with Gasteiger partial charge >= 0.3 is 0 Å². The number of fused-ring (bicyclic) bond motifs is 12. The zero-order valence-electron chi connectivity index (χ0n) is 40.1. The molecule has 0 N–H and O–H groups in total. The summed E-state index contributed by atoms with van der Waals surface area (Å²) in [5.74, 6) is 1.46. The molecule has 0 fully saturated rings. The highest BCUT2D eigenvalue weighted by atomic mass is 16.3. The summed E-state index contributed by atoms with van der Waals surface area (Å²) in [5.41, 5.74) is 16.0. The lowest BCUT2D eigenvalue weighted by molar-refractivity contribution is 0.669. The molecule has 3 heterocycles. The van der Waals surface area contributed by atoms with Gasteiger partial charge in [-0.1, -0.05) is 206 Å². The third-order valence-corrected chi connectivity index (χ3v) is 15.0. The van der Waals surface area contributed by atoms with E-state index in [1.807, 2.05) is 12.1 Å². The van der Waals surface area contributed by atoms with Crippen LogP contribution in [0.25, 0.3) is 149 Å². The number of nitrogens with zero attached hydrogens (tertiary/aromatic N) is 3. The largest absolute Gasteiger partial charge is 0.456 e. The summed E-state index contributed by atoms with van der Waals surface area (Å²) in [7, 11) is 0. The van der Waals surface area contributed by atoms with Gasteiger partial charge < -0.3 is 4.42 Å². The molecule has 0 aliphatic heterocycles. The summed E-state index contributed by atoms with van der Waals surface area (Å²) in [6.45, 7) is 0. The van der Waals surface area contributed by atoms with E-state index in [0.29, 0.717) is 5.82 Å². The second-order valence-electron chi connectivity index (χ2n) is 19.3. The molecule has 15 aromatic rings. The topological polar surface area (TPSA) is 43.9 Å². The Kier molecular flexibility index (Phi) is 9.54. The third kappa shape index (κ3) is 6.92. The molecule has 4 heteroatoms. The predicted molar refractivity (Wildman–Crippen MR) is 309 cm³/mol. The van der Waals surface area contributed by atoms with Gasteiger partial charge in [-0.2, -0.15) is 0 Å². The SMILES string of the molecule is c1ccc(-c2ccc(-c3cc(-n4c5ccc(-c6ccccc6)cc5c5cc6c7cc(-c8ccc9oc%10ccccc%10c9c8)ccc7c7ccccc7c6cc54)nc(-c4ccc(-c5ccccc5)cc4)n3)cc2)cc1. The van der Waals surface area contributed by atoms with Crippen LogP contribution in [0.4, 0.5) is 0 Å². The zero-order valence-corrected chi connectivity index (χ0v) is 40.1. The minimum atomic E-state index is 0.659. The summed E-state index contributed by atoms with van der Waals surface area (Å²) in [5, 5.41) is 11.8. The van der Waals surface area contributed by atoms with Gasteiger partial charge in [0, 0.05) is 38.7 Å². The van der Waals surface area contributed by atoms with Crippen LogP contribution < -0.4 is 0 Å². The van der Waals surface area contributed by atoms with Crippen LogP contribution in [-0.2, 0) is 0 Å². The fourth-order valence-electron chi connectivity index (χ4n) is 11.3. The second-order valence-corrected chi connectivity index (χ2v) is 19.3. The molecule has 0 amide bonds. The molecule has 4 nitrogen and oxygen atoms in total. The Labute approximate surface area is 426 Å². The first kappa shape index (κ1) is 41.8. The first-order valence-electron chi connectivity index (χ1n) is 25.2. The third-order valence-electron chi connectivity index (χ3n) is 15.0. The molecular weight excluding hydrogens is 899 g/mol. The van der Waals surface area contributed by atoms with Crippen molar-refractivity contribution in [1.82, 2.24) is 14.5 Å². The summed E-state index contributed by atoms with van der Waals surface area (Å²) in [4.78, 5) is 10.9. The highest BCUT2D eigenvalue weighted by Crippen LogP contribution is 2.44. The maximum absolute atomic E-state index is 6.25. The van der Waals surface area contributed by atoms with Crippen LogP contribution in [0.3, 0.4) is 0 Å². The molecule has 0 saturated heterocycles. The average Bonchev–Trinajstić information content (AvgIpc) is 4.06. The summed E-state index contributed by atoms with van der Waals surface area (Å²) in [6, 6.07) is 93.7. The molecule has 0 atom stereocenters. The van der Waals surface area contributed by atoms with E-state index in [2.05, 4.69) is 253 Å². The van der Waals surface area contributed by atoms with Crippen molar-refractivity contribution in [2.24, 2.45) is 0 Å². The maximum Gasteiger partial charge on any atom is 0.162 e. The molecule has 0 aliphatic carbocycles. The standard InChI is InChI=1S/C70H43N3O/c1-4-14-44(15-5-1)47-24-28-49(29-25-47)64-43-69(72-70(71-64)50-30-26-48(27-31-50)45-16-6-2-7-17-45)73-65-36-33-51(46-18-8-3-9-19-46)39-61(65)62-41-59-58-38-52(53-34-37-68-63(40-53)57-22-12-13-23-67(57)74-68)32-35-56(58)54-20-10-11-21-55(54)60(59)42-66(62)73/h1-43H. The van der Waals surface area contributed by atoms with Crippen LogP contribution in [0.5, 0.6) is 0 Å². The minimum absolute atomic E-state index is 0.659. The maximum atomic E-state index is 6.25. The molecule has 15 rings (SSSR count). The van der Waals surface area contributed by atoms with Crippen LogP contribution in [-0.4, -0.2) is 14.5 Å². The molecule has 74 heavy (non-hydrogen) atoms. The van der Waals surface area contributed by atoms with Crippen molar-refractivity contribution in [3.8, 4) is 73.0 Å². The van der Waals surface area contributed by atoms with Crippen molar-refractivity contribution in [2.75, 3.05) is 0 Å². The number of hydrogen-bond donors (Lipinski definition) is 0. The van der Waals surface area contributed by atoms with Crippen LogP contribution in [0.1, 0.15) is 0 Å². The van der Waals surface area contributed by atoms with E-state index in [-0.39, 0.29) is 0 Å². The van der Waals surface area contributed by atoms with Gasteiger partial charge in [0.25, 0.3) is 0 Å². The van der Waals surface area contributed by atoms with E-state index < -0.39 is 0 Å². The van der Waals surface area contributed by atoms with Crippen LogP contribution in [0.15, 0.2) is 265 Å². The molecule has 3 aromatic heterocycles. The number of benzene rings is 12. The number of hydrogen-bond acceptors (Lipinski definition) is 3. The minimum Gasteiger partial charge on any atom is -0.456 e. The lowest BCUT2D eigenvalue weighted by atomic mass is 9.91. The quantitative estimate of drug-likeness (QED) is 0.150. The predicted octanol–water partition coefficient (Wildman–Crippen LogP) is 18.9. The molecule has 0 aliphatic rings. The Morgan fingerprint density at radius 2 is 0.676 bits per heavy atom. The van der Waals surface area contributed by atoms with Crippen molar-refractivity contribution in [3.63, 3.8) is 0 Å². The van der Waals surface area contributed by atoms with Gasteiger partial charge in [0.2, 0.25) is 0 Å². The number of rotatable bonds is 7. The normalized spacial score (nSPS) is 11.8. The lowest BCUT2D eigenvalue weighted by Crippen LogP contribution is -2.02. The first-order valence-corrected chi connectivity index (χ1v) is 25.2. The van der Waals surface area contributed by atoms with Crippen molar-refractivity contribution in [2.45, 2.75) is 0 Å². The number of aromatic nitrogens is 3. The Hall–Kier alpha value is -9.90. The molecule has 0 radical (unpaired) electrons. The molecule has 12 aromatic carbocycles. The second kappa shape index (κ2) is 16.9. The van der Waals surface area contributed by atoms with Gasteiger partial charge in [-0.05, 0) is 125 Å². The smallest absolute Gasteiger partial charge is 0.162 e. The van der Waals surface area contributed by atoms with Crippen LogP contribution >= 0.6 is 0 Å². The lowest BCUT2D eigenvalue weighted by Gasteiger charge is -2.15. The summed E-state index contributed by atoms with van der Waals surface area (Å²) < 4.78 is 8.62. The highest BCUT2D eigenvalue weighted by molar-refractivity contribution is 6.29. The van der Waals surface area contributed by atoms with Gasteiger partial charge in [-0.15, -0.1) is 0 Å². The van der Waals surface area contributed by atoms with Crippen molar-refractivity contribution in [1.29, 1.82) is 0 Å². The Bertz CT molecular complexity index is 4570. The fourth-order valence-corrected chi connectivity index (χ4v) is 11.3. The molecule has 0 spiro atoms. The van der Waals surface area contributed by atoms with Gasteiger partial charge in [0.05, 0.1) is 16.7 Å². The van der Waals surface area contributed by atoms with Crippen LogP contribution in [0, 0.1) is 0 Å². The molecule has 344 valence electrons. The molecular formula is C70H43N3O. The van der Waals surface area contributed by atoms with E-state index in [1.165, 1.54) is 49.0 Å². The van der Waals surface area contributed by atoms with Gasteiger partial charge in [0.15, 0.2) is 5.82 Å². The van der Waals surface area contributed by atoms with E-state index in [9.17, 15) is 0 Å². The Morgan fingerprint density at radius 1 is 0.243 bits per heavy atom. The summed E-state index contributed by atoms with van der Waals surface area (Å²) >= 11 is 0. The van der Waals surface area contributed by atoms with Crippen molar-refractivity contribution < 1.29 is 4.42 Å². The van der Waals surface area contributed by atoms with Crippen molar-refractivity contribution >= 4 is 76.1 Å². The number of para-hydroxylation sites is 1. The van der Waals surface area contributed by atoms with E-state index in [0.717, 1.165) is 94.2 Å². The molecule has 0 saturated carbocycles. The van der Waals surface area contributed by atoms with Gasteiger partial charge in [0.1, 0.15) is 17.0 Å². The van der Waals surface area contributed by atoms with Crippen LogP contribution in [0.2, 0.25) is 0 Å². The molecule has 0 unspecified atom stereocenters. The van der Waals surface area contributed by atoms with E-state index in [1.54, 1.807) is 0 Å².